The molecule has 2 aromatic rings. The zero-order valence-electron chi connectivity index (χ0n) is 15.4. The lowest BCUT2D eigenvalue weighted by molar-refractivity contribution is -0.124. The Morgan fingerprint density at radius 3 is 2.64 bits per heavy atom. The number of ether oxygens (including phenoxy) is 1. The number of anilines is 1. The number of halogens is 3. The number of carbonyl (C=O) groups excluding carboxylic acids is 1. The number of nitrogens with zero attached hydrogens (tertiary/aromatic N) is 4. The quantitative estimate of drug-likeness (QED) is 0.834. The zero-order chi connectivity index (χ0) is 19.0. The van der Waals surface area contributed by atoms with Gasteiger partial charge in [0.25, 0.3) is 5.92 Å². The summed E-state index contributed by atoms with van der Waals surface area (Å²) in [7, 11) is 1.53. The highest BCUT2D eigenvalue weighted by Gasteiger charge is 2.42. The van der Waals surface area contributed by atoms with Crippen molar-refractivity contribution >= 4 is 24.1 Å². The Bertz CT molecular complexity index is 823. The Morgan fingerprint density at radius 1 is 1.25 bits per heavy atom. The predicted octanol–water partition coefficient (Wildman–Crippen LogP) is 2.74. The smallest absolute Gasteiger partial charge is 0.250 e. The molecule has 2 aromatic heterocycles. The second kappa shape index (κ2) is 8.00. The van der Waals surface area contributed by atoms with Gasteiger partial charge in [-0.1, -0.05) is 0 Å². The summed E-state index contributed by atoms with van der Waals surface area (Å²) in [5.41, 5.74) is 1.61. The van der Waals surface area contributed by atoms with Gasteiger partial charge in [0.15, 0.2) is 0 Å². The van der Waals surface area contributed by atoms with E-state index in [4.69, 9.17) is 4.74 Å². The van der Waals surface area contributed by atoms with Crippen LogP contribution in [0.1, 0.15) is 19.3 Å². The number of likely N-dealkylation sites (tertiary alicyclic amines) is 1. The average Bonchev–Trinajstić information content (AvgIpc) is 3.31. The van der Waals surface area contributed by atoms with Gasteiger partial charge in [-0.05, 0) is 18.6 Å². The van der Waals surface area contributed by atoms with Gasteiger partial charge in [0.2, 0.25) is 11.8 Å². The van der Waals surface area contributed by atoms with Gasteiger partial charge in [-0.25, -0.2) is 8.78 Å². The van der Waals surface area contributed by atoms with Crippen molar-refractivity contribution in [3.8, 4) is 17.0 Å². The van der Waals surface area contributed by atoms with Crippen LogP contribution in [-0.4, -0.2) is 64.7 Å². The molecule has 1 atom stereocenters. The number of piperidine rings is 1. The van der Waals surface area contributed by atoms with Crippen LogP contribution in [-0.2, 0) is 4.79 Å². The molecular formula is C18H22ClF2N5O2. The molecule has 0 bridgehead atoms. The standard InChI is InChI=1S/C18H21F2N5O2.ClH/c1-27-16-13(12-10-21-22-11-12)2-3-15(23-16)25-7-4-14(17(25)26)24-8-5-18(19,20)6-9-24;/h2-3,10-11,14H,4-9H2,1H3,(H,21,22);1H. The fraction of sp³-hybridized carbons (Fsp3) is 0.500. The number of carbonyl (C=O) groups is 1. The minimum atomic E-state index is -2.62. The van der Waals surface area contributed by atoms with Gasteiger partial charge in [-0.15, -0.1) is 12.4 Å². The number of hydrogen-bond donors (Lipinski definition) is 1. The monoisotopic (exact) mass is 413 g/mol. The highest BCUT2D eigenvalue weighted by atomic mass is 35.5. The molecular weight excluding hydrogens is 392 g/mol. The van der Waals surface area contributed by atoms with Crippen molar-refractivity contribution in [2.24, 2.45) is 0 Å². The van der Waals surface area contributed by atoms with Gasteiger partial charge < -0.3 is 4.74 Å². The second-order valence-electron chi connectivity index (χ2n) is 6.90. The summed E-state index contributed by atoms with van der Waals surface area (Å²) in [5, 5.41) is 6.67. The van der Waals surface area contributed by atoms with E-state index in [0.717, 1.165) is 11.1 Å². The largest absolute Gasteiger partial charge is 0.480 e. The predicted molar refractivity (Wildman–Crippen MR) is 102 cm³/mol. The van der Waals surface area contributed by atoms with Gasteiger partial charge in [0, 0.05) is 49.8 Å². The first-order valence-electron chi connectivity index (χ1n) is 8.96. The van der Waals surface area contributed by atoms with Crippen LogP contribution in [0.3, 0.4) is 0 Å². The summed E-state index contributed by atoms with van der Waals surface area (Å²) in [6.07, 6.45) is 3.63. The summed E-state index contributed by atoms with van der Waals surface area (Å²) in [4.78, 5) is 20.8. The Labute approximate surface area is 167 Å². The summed E-state index contributed by atoms with van der Waals surface area (Å²) in [6.45, 7) is 0.998. The fourth-order valence-electron chi connectivity index (χ4n) is 3.75. The molecule has 1 unspecified atom stereocenters. The van der Waals surface area contributed by atoms with Crippen LogP contribution in [0.15, 0.2) is 24.5 Å². The van der Waals surface area contributed by atoms with Gasteiger partial charge in [-0.3, -0.25) is 19.7 Å². The Hall–Kier alpha value is -2.26. The fourth-order valence-corrected chi connectivity index (χ4v) is 3.75. The van der Waals surface area contributed by atoms with Crippen LogP contribution in [0, 0.1) is 0 Å². The van der Waals surface area contributed by atoms with Crippen LogP contribution in [0.2, 0.25) is 0 Å². The number of H-pyrrole nitrogens is 1. The van der Waals surface area contributed by atoms with Gasteiger partial charge in [0.1, 0.15) is 5.82 Å². The first-order valence-corrected chi connectivity index (χ1v) is 8.96. The average molecular weight is 414 g/mol. The maximum Gasteiger partial charge on any atom is 0.250 e. The van der Waals surface area contributed by atoms with Crippen molar-refractivity contribution in [3.05, 3.63) is 24.5 Å². The molecule has 2 aliphatic heterocycles. The number of pyridine rings is 1. The third kappa shape index (κ3) is 3.81. The number of aromatic nitrogens is 3. The highest BCUT2D eigenvalue weighted by molar-refractivity contribution is 5.99. The number of aromatic amines is 1. The van der Waals surface area contributed by atoms with E-state index in [0.29, 0.717) is 24.7 Å². The third-order valence-corrected chi connectivity index (χ3v) is 5.27. The Balaban J connectivity index is 0.00000225. The van der Waals surface area contributed by atoms with Crippen molar-refractivity contribution in [1.29, 1.82) is 0 Å². The lowest BCUT2D eigenvalue weighted by Gasteiger charge is -2.34. The summed E-state index contributed by atoms with van der Waals surface area (Å²) in [5.74, 6) is -1.79. The van der Waals surface area contributed by atoms with E-state index < -0.39 is 5.92 Å². The molecule has 2 aliphatic rings. The summed E-state index contributed by atoms with van der Waals surface area (Å²) in [6, 6.07) is 3.26. The summed E-state index contributed by atoms with van der Waals surface area (Å²) >= 11 is 0. The zero-order valence-corrected chi connectivity index (χ0v) is 16.2. The molecule has 2 saturated heterocycles. The van der Waals surface area contributed by atoms with Crippen LogP contribution in [0.5, 0.6) is 5.88 Å². The molecule has 4 rings (SSSR count). The van der Waals surface area contributed by atoms with Crippen molar-refractivity contribution in [1.82, 2.24) is 20.1 Å². The van der Waals surface area contributed by atoms with Crippen molar-refractivity contribution in [3.63, 3.8) is 0 Å². The number of methoxy groups -OCH3 is 1. The molecule has 4 heterocycles. The summed E-state index contributed by atoms with van der Waals surface area (Å²) < 4.78 is 32.2. The van der Waals surface area contributed by atoms with Crippen LogP contribution < -0.4 is 9.64 Å². The van der Waals surface area contributed by atoms with Gasteiger partial charge in [0.05, 0.1) is 19.3 Å². The van der Waals surface area contributed by atoms with Gasteiger partial charge in [-0.2, -0.15) is 10.1 Å². The molecule has 28 heavy (non-hydrogen) atoms. The lowest BCUT2D eigenvalue weighted by atomic mass is 10.0. The molecule has 152 valence electrons. The van der Waals surface area contributed by atoms with Crippen molar-refractivity contribution < 1.29 is 18.3 Å². The third-order valence-electron chi connectivity index (χ3n) is 5.27. The topological polar surface area (TPSA) is 74.3 Å². The molecule has 1 amide bonds. The Morgan fingerprint density at radius 2 is 2.00 bits per heavy atom. The number of amides is 1. The molecule has 7 nitrogen and oxygen atoms in total. The molecule has 0 spiro atoms. The minimum absolute atomic E-state index is 0. The molecule has 0 aliphatic carbocycles. The number of nitrogens with one attached hydrogen (secondary N) is 1. The molecule has 10 heteroatoms. The van der Waals surface area contributed by atoms with Crippen molar-refractivity contribution in [2.75, 3.05) is 31.6 Å². The van der Waals surface area contributed by atoms with Gasteiger partial charge >= 0.3 is 0 Å². The normalized spacial score (nSPS) is 22.2. The van der Waals surface area contributed by atoms with E-state index in [-0.39, 0.29) is 50.3 Å². The second-order valence-corrected chi connectivity index (χ2v) is 6.90. The van der Waals surface area contributed by atoms with Crippen LogP contribution >= 0.6 is 12.4 Å². The maximum absolute atomic E-state index is 13.4. The highest BCUT2D eigenvalue weighted by Crippen LogP contribution is 2.34. The van der Waals surface area contributed by atoms with Crippen LogP contribution in [0.4, 0.5) is 14.6 Å². The lowest BCUT2D eigenvalue weighted by Crippen LogP contribution is -2.48. The van der Waals surface area contributed by atoms with Crippen LogP contribution in [0.25, 0.3) is 11.1 Å². The number of rotatable bonds is 4. The SMILES string of the molecule is COc1nc(N2CCC(N3CCC(F)(F)CC3)C2=O)ccc1-c1cn[nH]c1.Cl. The number of hydrogen-bond acceptors (Lipinski definition) is 5. The van der Waals surface area contributed by atoms with E-state index in [9.17, 15) is 13.6 Å². The molecule has 2 fully saturated rings. The number of alkyl halides is 2. The minimum Gasteiger partial charge on any atom is -0.480 e. The first-order chi connectivity index (χ1) is 13.0. The molecule has 0 radical (unpaired) electrons. The Kier molecular flexibility index (Phi) is 5.85. The van der Waals surface area contributed by atoms with E-state index >= 15 is 0 Å². The molecule has 0 saturated carbocycles. The van der Waals surface area contributed by atoms with E-state index in [1.165, 1.54) is 7.11 Å². The maximum atomic E-state index is 13.4. The van der Waals surface area contributed by atoms with E-state index in [1.807, 2.05) is 11.0 Å². The van der Waals surface area contributed by atoms with Crippen molar-refractivity contribution in [2.45, 2.75) is 31.2 Å². The first kappa shape index (κ1) is 20.5. The molecule has 1 N–H and O–H groups in total. The van der Waals surface area contributed by atoms with E-state index in [1.54, 1.807) is 23.4 Å². The van der Waals surface area contributed by atoms with E-state index in [2.05, 4.69) is 15.2 Å². The molecule has 0 aromatic carbocycles.